The first-order valence-corrected chi connectivity index (χ1v) is 5.76. The van der Waals surface area contributed by atoms with Gasteiger partial charge in [0.05, 0.1) is 12.1 Å². The fourth-order valence-corrected chi connectivity index (χ4v) is 1.43. The van der Waals surface area contributed by atoms with Crippen molar-refractivity contribution in [2.45, 2.75) is 31.8 Å². The van der Waals surface area contributed by atoms with Crippen molar-refractivity contribution >= 4 is 5.91 Å². The van der Waals surface area contributed by atoms with Gasteiger partial charge >= 0.3 is 0 Å². The first-order valence-electron chi connectivity index (χ1n) is 5.76. The number of benzene rings is 1. The zero-order valence-corrected chi connectivity index (χ0v) is 10.3. The molecule has 4 N–H and O–H groups in total. The molecule has 0 fully saturated rings. The highest BCUT2D eigenvalue weighted by molar-refractivity contribution is 5.83. The molecule has 1 aromatic carbocycles. The molecule has 1 amide bonds. The SMILES string of the molecule is CCC(C)(CO)NC(=O)[C@H](N)c1ccccc1. The smallest absolute Gasteiger partial charge is 0.242 e. The van der Waals surface area contributed by atoms with Crippen molar-refractivity contribution in [2.75, 3.05) is 6.61 Å². The Balaban J connectivity index is 2.71. The van der Waals surface area contributed by atoms with E-state index in [-0.39, 0.29) is 12.5 Å². The molecule has 0 aliphatic heterocycles. The number of hydrogen-bond donors (Lipinski definition) is 3. The summed E-state index contributed by atoms with van der Waals surface area (Å²) in [5.74, 6) is -0.269. The first-order chi connectivity index (χ1) is 8.02. The van der Waals surface area contributed by atoms with Crippen molar-refractivity contribution in [3.63, 3.8) is 0 Å². The number of hydrogen-bond acceptors (Lipinski definition) is 3. The molecule has 0 spiro atoms. The predicted molar refractivity (Wildman–Crippen MR) is 67.3 cm³/mol. The highest BCUT2D eigenvalue weighted by atomic mass is 16.3. The zero-order chi connectivity index (χ0) is 12.9. The van der Waals surface area contributed by atoms with Gasteiger partial charge in [-0.25, -0.2) is 0 Å². The molecule has 1 aromatic rings. The Bertz CT molecular complexity index is 361. The molecule has 1 unspecified atom stereocenters. The molecule has 0 aliphatic rings. The minimum atomic E-state index is -0.700. The molecule has 0 aliphatic carbocycles. The van der Waals surface area contributed by atoms with E-state index in [1.54, 1.807) is 6.92 Å². The van der Waals surface area contributed by atoms with E-state index in [0.29, 0.717) is 6.42 Å². The molecule has 1 rings (SSSR count). The van der Waals surface area contributed by atoms with E-state index in [9.17, 15) is 9.90 Å². The summed E-state index contributed by atoms with van der Waals surface area (Å²) in [7, 11) is 0. The van der Waals surface area contributed by atoms with E-state index in [0.717, 1.165) is 5.56 Å². The Hall–Kier alpha value is -1.39. The van der Waals surface area contributed by atoms with E-state index in [1.165, 1.54) is 0 Å². The molecule has 4 nitrogen and oxygen atoms in total. The van der Waals surface area contributed by atoms with Crippen LogP contribution in [0.4, 0.5) is 0 Å². The van der Waals surface area contributed by atoms with Gasteiger partial charge in [0.2, 0.25) is 5.91 Å². The Morgan fingerprint density at radius 2 is 2.06 bits per heavy atom. The van der Waals surface area contributed by atoms with Crippen molar-refractivity contribution in [2.24, 2.45) is 5.73 Å². The average Bonchev–Trinajstić information content (AvgIpc) is 2.38. The second-order valence-electron chi connectivity index (χ2n) is 4.45. The molecule has 94 valence electrons. The number of nitrogens with two attached hydrogens (primary N) is 1. The van der Waals surface area contributed by atoms with E-state index >= 15 is 0 Å². The number of aliphatic hydroxyl groups excluding tert-OH is 1. The minimum absolute atomic E-state index is 0.100. The number of carbonyl (C=O) groups excluding carboxylic acids is 1. The van der Waals surface area contributed by atoms with Crippen LogP contribution in [0.15, 0.2) is 30.3 Å². The van der Waals surface area contributed by atoms with Gasteiger partial charge in [0.25, 0.3) is 0 Å². The summed E-state index contributed by atoms with van der Waals surface area (Å²) in [6.07, 6.45) is 0.650. The highest BCUT2D eigenvalue weighted by Gasteiger charge is 2.26. The van der Waals surface area contributed by atoms with Crippen molar-refractivity contribution in [3.8, 4) is 0 Å². The van der Waals surface area contributed by atoms with Crippen LogP contribution in [0.3, 0.4) is 0 Å². The third-order valence-electron chi connectivity index (χ3n) is 3.00. The van der Waals surface area contributed by atoms with Gasteiger partial charge in [-0.15, -0.1) is 0 Å². The summed E-state index contributed by atoms with van der Waals surface area (Å²) in [5, 5.41) is 12.0. The summed E-state index contributed by atoms with van der Waals surface area (Å²) in [5.41, 5.74) is 6.02. The Morgan fingerprint density at radius 3 is 2.53 bits per heavy atom. The molecule has 17 heavy (non-hydrogen) atoms. The van der Waals surface area contributed by atoms with E-state index < -0.39 is 11.6 Å². The van der Waals surface area contributed by atoms with Crippen LogP contribution < -0.4 is 11.1 Å². The Morgan fingerprint density at radius 1 is 1.47 bits per heavy atom. The van der Waals surface area contributed by atoms with Crippen LogP contribution in [0, 0.1) is 0 Å². The van der Waals surface area contributed by atoms with E-state index in [2.05, 4.69) is 5.32 Å². The minimum Gasteiger partial charge on any atom is -0.394 e. The fourth-order valence-electron chi connectivity index (χ4n) is 1.43. The van der Waals surface area contributed by atoms with Crippen molar-refractivity contribution < 1.29 is 9.90 Å². The lowest BCUT2D eigenvalue weighted by Crippen LogP contribution is -2.51. The van der Waals surface area contributed by atoms with Crippen LogP contribution in [-0.4, -0.2) is 23.2 Å². The van der Waals surface area contributed by atoms with Gasteiger partial charge in [0, 0.05) is 0 Å². The summed E-state index contributed by atoms with van der Waals surface area (Å²) in [4.78, 5) is 11.9. The molecular formula is C13H20N2O2. The number of amides is 1. The lowest BCUT2D eigenvalue weighted by molar-refractivity contribution is -0.124. The maximum atomic E-state index is 11.9. The molecule has 2 atom stereocenters. The number of carbonyl (C=O) groups is 1. The topological polar surface area (TPSA) is 75.3 Å². The van der Waals surface area contributed by atoms with Crippen LogP contribution in [-0.2, 0) is 4.79 Å². The van der Waals surface area contributed by atoms with Crippen molar-refractivity contribution in [1.29, 1.82) is 0 Å². The Labute approximate surface area is 102 Å². The monoisotopic (exact) mass is 236 g/mol. The number of aliphatic hydroxyl groups is 1. The maximum Gasteiger partial charge on any atom is 0.242 e. The number of nitrogens with one attached hydrogen (secondary N) is 1. The first kappa shape index (κ1) is 13.7. The summed E-state index contributed by atoms with van der Waals surface area (Å²) >= 11 is 0. The van der Waals surface area contributed by atoms with Crippen LogP contribution in [0.2, 0.25) is 0 Å². The Kier molecular flexibility index (Phi) is 4.66. The summed E-state index contributed by atoms with van der Waals surface area (Å²) < 4.78 is 0. The van der Waals surface area contributed by atoms with Gasteiger partial charge in [0.15, 0.2) is 0 Å². The standard InChI is InChI=1S/C13H20N2O2/c1-3-13(2,9-16)15-12(17)11(14)10-7-5-4-6-8-10/h4-8,11,16H,3,9,14H2,1-2H3,(H,15,17)/t11-,13?/m1/s1. The third-order valence-corrected chi connectivity index (χ3v) is 3.00. The molecule has 0 aromatic heterocycles. The molecule has 0 radical (unpaired) electrons. The summed E-state index contributed by atoms with van der Waals surface area (Å²) in [6, 6.07) is 8.48. The van der Waals surface area contributed by atoms with Gasteiger partial charge in [0.1, 0.15) is 6.04 Å². The van der Waals surface area contributed by atoms with Gasteiger partial charge in [-0.2, -0.15) is 0 Å². The second-order valence-corrected chi connectivity index (χ2v) is 4.45. The molecular weight excluding hydrogens is 216 g/mol. The molecule has 4 heteroatoms. The molecule has 0 heterocycles. The molecule has 0 bridgehead atoms. The van der Waals surface area contributed by atoms with Gasteiger partial charge in [-0.1, -0.05) is 37.3 Å². The average molecular weight is 236 g/mol. The summed E-state index contributed by atoms with van der Waals surface area (Å²) in [6.45, 7) is 3.60. The predicted octanol–water partition coefficient (Wildman–Crippen LogP) is 0.964. The van der Waals surface area contributed by atoms with Crippen LogP contribution in [0.5, 0.6) is 0 Å². The fraction of sp³-hybridized carbons (Fsp3) is 0.462. The highest BCUT2D eigenvalue weighted by Crippen LogP contribution is 2.13. The van der Waals surface area contributed by atoms with Crippen molar-refractivity contribution in [3.05, 3.63) is 35.9 Å². The normalized spacial score (nSPS) is 16.0. The van der Waals surface area contributed by atoms with Crippen LogP contribution in [0.25, 0.3) is 0 Å². The van der Waals surface area contributed by atoms with E-state index in [4.69, 9.17) is 5.73 Å². The molecule has 0 saturated heterocycles. The lowest BCUT2D eigenvalue weighted by atomic mass is 9.98. The van der Waals surface area contributed by atoms with E-state index in [1.807, 2.05) is 37.3 Å². The van der Waals surface area contributed by atoms with Crippen LogP contribution >= 0.6 is 0 Å². The quantitative estimate of drug-likeness (QED) is 0.713. The van der Waals surface area contributed by atoms with Gasteiger partial charge < -0.3 is 16.2 Å². The van der Waals surface area contributed by atoms with Crippen molar-refractivity contribution in [1.82, 2.24) is 5.32 Å². The largest absolute Gasteiger partial charge is 0.394 e. The second kappa shape index (κ2) is 5.80. The zero-order valence-electron chi connectivity index (χ0n) is 10.3. The van der Waals surface area contributed by atoms with Gasteiger partial charge in [-0.3, -0.25) is 4.79 Å². The maximum absolute atomic E-state index is 11.9. The third kappa shape index (κ3) is 3.54. The van der Waals surface area contributed by atoms with Gasteiger partial charge in [-0.05, 0) is 18.9 Å². The lowest BCUT2D eigenvalue weighted by Gasteiger charge is -2.28. The molecule has 0 saturated carbocycles. The van der Waals surface area contributed by atoms with Crippen LogP contribution in [0.1, 0.15) is 31.9 Å². The number of rotatable bonds is 5.